The van der Waals surface area contributed by atoms with Gasteiger partial charge < -0.3 is 15.1 Å². The Morgan fingerprint density at radius 2 is 1.69 bits per heavy atom. The second-order valence-corrected chi connectivity index (χ2v) is 11.8. The second kappa shape index (κ2) is 15.3. The Labute approximate surface area is 242 Å². The van der Waals surface area contributed by atoms with Crippen LogP contribution in [0.3, 0.4) is 0 Å². The minimum absolute atomic E-state index is 0.0558. The van der Waals surface area contributed by atoms with E-state index in [1.807, 2.05) is 0 Å². The van der Waals surface area contributed by atoms with Crippen molar-refractivity contribution < 1.29 is 41.7 Å². The predicted molar refractivity (Wildman–Crippen MR) is 152 cm³/mol. The van der Waals surface area contributed by atoms with Crippen LogP contribution < -0.4 is 5.32 Å². The van der Waals surface area contributed by atoms with Crippen molar-refractivity contribution in [2.24, 2.45) is 0 Å². The number of unbranched alkanes of at least 4 members (excludes halogenated alkanes) is 3. The topological polar surface area (TPSA) is 99.1 Å². The third kappa shape index (κ3) is 9.94. The first kappa shape index (κ1) is 33.3. The quantitative estimate of drug-likeness (QED) is 0.0565. The molecule has 3 rings (SSSR count). The Morgan fingerprint density at radius 1 is 1.00 bits per heavy atom. The molecule has 0 aliphatic rings. The molecule has 1 atom stereocenters. The highest BCUT2D eigenvalue weighted by atomic mass is 31.2. The Morgan fingerprint density at radius 3 is 2.33 bits per heavy atom. The van der Waals surface area contributed by atoms with E-state index in [9.17, 15) is 31.8 Å². The van der Waals surface area contributed by atoms with Crippen molar-refractivity contribution in [1.82, 2.24) is 10.2 Å². The molecular weight excluding hydrogens is 575 g/mol. The van der Waals surface area contributed by atoms with Crippen molar-refractivity contribution in [2.45, 2.75) is 57.9 Å². The number of nitrogens with zero attached hydrogens (tertiary/aromatic N) is 1. The summed E-state index contributed by atoms with van der Waals surface area (Å²) < 4.78 is 70.4. The lowest BCUT2D eigenvalue weighted by atomic mass is 9.98. The van der Waals surface area contributed by atoms with E-state index in [0.717, 1.165) is 37.8 Å². The fraction of sp³-hybridized carbons (Fsp3) is 0.367. The van der Waals surface area contributed by atoms with Crippen LogP contribution in [0.2, 0.25) is 0 Å². The van der Waals surface area contributed by atoms with Crippen molar-refractivity contribution in [3.05, 3.63) is 94.8 Å². The standard InChI is InChI=1S/C30H35F4N2O5P/c1-2-3-4-7-17-35-29(37)36(18-16-25-15-12-23(19-28(25)31)21-42(39,40)41-38)20-22-10-13-24(14-11-22)26-8-5-6-9-27(26)30(32,33)34/h5-6,8-15,19,38H,2-4,7,16-18,20-21H2,1H3,(H,35,37)(H,39,40). The minimum atomic E-state index is -4.50. The smallest absolute Gasteiger partial charge is 0.338 e. The van der Waals surface area contributed by atoms with Crippen LogP contribution in [0.1, 0.15) is 54.9 Å². The molecule has 0 heterocycles. The van der Waals surface area contributed by atoms with Crippen molar-refractivity contribution in [2.75, 3.05) is 13.1 Å². The minimum Gasteiger partial charge on any atom is -0.338 e. The van der Waals surface area contributed by atoms with E-state index in [-0.39, 0.29) is 42.2 Å². The number of carbonyl (C=O) groups excluding carboxylic acids is 1. The summed E-state index contributed by atoms with van der Waals surface area (Å²) in [7, 11) is -4.29. The fourth-order valence-electron chi connectivity index (χ4n) is 4.51. The first-order chi connectivity index (χ1) is 19.9. The van der Waals surface area contributed by atoms with Gasteiger partial charge in [-0.3, -0.25) is 4.57 Å². The number of alkyl halides is 3. The van der Waals surface area contributed by atoms with Crippen molar-refractivity contribution in [1.29, 1.82) is 0 Å². The lowest BCUT2D eigenvalue weighted by Gasteiger charge is -2.24. The Bertz CT molecular complexity index is 1370. The third-order valence-corrected chi connectivity index (χ3v) is 7.76. The number of rotatable bonds is 14. The summed E-state index contributed by atoms with van der Waals surface area (Å²) in [6.45, 7) is 2.83. The van der Waals surface area contributed by atoms with Gasteiger partial charge in [-0.15, -0.1) is 0 Å². The van der Waals surface area contributed by atoms with E-state index in [2.05, 4.69) is 16.9 Å². The van der Waals surface area contributed by atoms with Crippen LogP contribution in [-0.4, -0.2) is 34.2 Å². The molecule has 0 saturated heterocycles. The number of amides is 2. The average Bonchev–Trinajstić information content (AvgIpc) is 2.95. The van der Waals surface area contributed by atoms with Gasteiger partial charge in [0.1, 0.15) is 5.82 Å². The maximum atomic E-state index is 14.8. The van der Waals surface area contributed by atoms with Gasteiger partial charge in [-0.1, -0.05) is 80.8 Å². The Hall–Kier alpha value is -3.24. The zero-order chi connectivity index (χ0) is 30.8. The van der Waals surface area contributed by atoms with Gasteiger partial charge in [0, 0.05) is 19.6 Å². The van der Waals surface area contributed by atoms with Crippen LogP contribution in [0.15, 0.2) is 66.7 Å². The summed E-state index contributed by atoms with van der Waals surface area (Å²) >= 11 is 0. The molecule has 3 aromatic rings. The van der Waals surface area contributed by atoms with Gasteiger partial charge >= 0.3 is 19.8 Å². The van der Waals surface area contributed by atoms with Crippen molar-refractivity contribution in [3.63, 3.8) is 0 Å². The maximum Gasteiger partial charge on any atom is 0.417 e. The second-order valence-electron chi connectivity index (χ2n) is 10.0. The van der Waals surface area contributed by atoms with Crippen LogP contribution in [0.25, 0.3) is 11.1 Å². The molecule has 2 amide bonds. The molecule has 0 aliphatic carbocycles. The SMILES string of the molecule is CCCCCCNC(=O)N(CCc1ccc(CP(=O)(O)OO)cc1F)Cc1ccc(-c2ccccc2C(F)(F)F)cc1. The number of nitrogens with one attached hydrogen (secondary N) is 1. The molecule has 0 fully saturated rings. The normalized spacial score (nSPS) is 13.0. The molecule has 3 aromatic carbocycles. The highest BCUT2D eigenvalue weighted by Gasteiger charge is 2.33. The van der Waals surface area contributed by atoms with Crippen molar-refractivity contribution >= 4 is 13.6 Å². The molecule has 3 N–H and O–H groups in total. The molecule has 228 valence electrons. The lowest BCUT2D eigenvalue weighted by molar-refractivity contribution is -0.146. The predicted octanol–water partition coefficient (Wildman–Crippen LogP) is 8.02. The van der Waals surface area contributed by atoms with Crippen LogP contribution in [-0.2, 0) is 34.5 Å². The van der Waals surface area contributed by atoms with Gasteiger partial charge in [-0.2, -0.15) is 17.8 Å². The number of urea groups is 1. The lowest BCUT2D eigenvalue weighted by Crippen LogP contribution is -2.41. The average molecular weight is 611 g/mol. The van der Waals surface area contributed by atoms with Crippen LogP contribution in [0.4, 0.5) is 22.4 Å². The summed E-state index contributed by atoms with van der Waals surface area (Å²) in [6, 6.07) is 15.4. The zero-order valence-corrected chi connectivity index (χ0v) is 24.1. The first-order valence-electron chi connectivity index (χ1n) is 13.6. The molecular formula is C30H35F4N2O5P. The molecule has 0 bridgehead atoms. The van der Waals surface area contributed by atoms with Gasteiger partial charge in [0.15, 0.2) is 0 Å². The summed E-state index contributed by atoms with van der Waals surface area (Å²) in [5, 5.41) is 11.4. The molecule has 0 radical (unpaired) electrons. The summed E-state index contributed by atoms with van der Waals surface area (Å²) in [4.78, 5) is 24.0. The van der Waals surface area contributed by atoms with Gasteiger partial charge in [-0.05, 0) is 52.8 Å². The monoisotopic (exact) mass is 610 g/mol. The van der Waals surface area contributed by atoms with E-state index < -0.39 is 31.3 Å². The molecule has 0 spiro atoms. The Kier molecular flexibility index (Phi) is 12.1. The molecule has 0 aromatic heterocycles. The summed E-state index contributed by atoms with van der Waals surface area (Å²) in [6.07, 6.45) is -1.05. The van der Waals surface area contributed by atoms with Crippen LogP contribution in [0.5, 0.6) is 0 Å². The summed E-state index contributed by atoms with van der Waals surface area (Å²) in [5.74, 6) is -0.641. The fourth-order valence-corrected chi connectivity index (χ4v) is 5.23. The zero-order valence-electron chi connectivity index (χ0n) is 23.2. The van der Waals surface area contributed by atoms with E-state index in [0.29, 0.717) is 17.7 Å². The van der Waals surface area contributed by atoms with Crippen LogP contribution in [0, 0.1) is 5.82 Å². The molecule has 1 unspecified atom stereocenters. The molecule has 0 aliphatic heterocycles. The highest BCUT2D eigenvalue weighted by Crippen LogP contribution is 2.44. The number of hydrogen-bond donors (Lipinski definition) is 3. The van der Waals surface area contributed by atoms with E-state index in [4.69, 9.17) is 5.26 Å². The molecule has 0 saturated carbocycles. The van der Waals surface area contributed by atoms with Crippen LogP contribution >= 0.6 is 7.60 Å². The third-order valence-electron chi connectivity index (χ3n) is 6.74. The number of benzene rings is 3. The molecule has 12 heteroatoms. The number of carbonyl (C=O) groups is 1. The van der Waals surface area contributed by atoms with Crippen molar-refractivity contribution in [3.8, 4) is 11.1 Å². The van der Waals surface area contributed by atoms with Gasteiger partial charge in [0.2, 0.25) is 0 Å². The maximum absolute atomic E-state index is 14.8. The molecule has 42 heavy (non-hydrogen) atoms. The number of hydrogen-bond acceptors (Lipinski definition) is 4. The van der Waals surface area contributed by atoms with E-state index in [1.165, 1.54) is 29.2 Å². The highest BCUT2D eigenvalue weighted by molar-refractivity contribution is 7.51. The van der Waals surface area contributed by atoms with Gasteiger partial charge in [0.25, 0.3) is 0 Å². The largest absolute Gasteiger partial charge is 0.417 e. The van der Waals surface area contributed by atoms with E-state index in [1.54, 1.807) is 30.3 Å². The van der Waals surface area contributed by atoms with E-state index >= 15 is 0 Å². The number of halogens is 4. The van der Waals surface area contributed by atoms with Gasteiger partial charge in [-0.25, -0.2) is 14.4 Å². The summed E-state index contributed by atoms with van der Waals surface area (Å²) in [5.41, 5.74) is 0.824. The van der Waals surface area contributed by atoms with Gasteiger partial charge in [0.05, 0.1) is 11.7 Å². The Balaban J connectivity index is 1.75. The molecule has 7 nitrogen and oxygen atoms in total. The first-order valence-corrected chi connectivity index (χ1v) is 15.4.